The molecule has 0 bridgehead atoms. The Labute approximate surface area is 84.1 Å². The van der Waals surface area contributed by atoms with Crippen LogP contribution in [-0.4, -0.2) is 11.9 Å². The van der Waals surface area contributed by atoms with Crippen molar-refractivity contribution in [3.63, 3.8) is 0 Å². The van der Waals surface area contributed by atoms with Crippen molar-refractivity contribution in [2.24, 2.45) is 0 Å². The predicted molar refractivity (Wildman–Crippen MR) is 56.1 cm³/mol. The molecule has 2 rings (SSSR count). The van der Waals surface area contributed by atoms with Crippen LogP contribution in [0.3, 0.4) is 0 Å². The van der Waals surface area contributed by atoms with Crippen molar-refractivity contribution < 1.29 is 0 Å². The third-order valence-corrected chi connectivity index (χ3v) is 2.68. The van der Waals surface area contributed by atoms with Crippen LogP contribution in [-0.2, 0) is 0 Å². The highest BCUT2D eigenvalue weighted by Gasteiger charge is 2.24. The minimum Gasteiger partial charge on any atom is -0.306 e. The third kappa shape index (κ3) is 2.45. The zero-order valence-electron chi connectivity index (χ0n) is 7.54. The number of hydrogen-bond acceptors (Lipinski definition) is 1. The summed E-state index contributed by atoms with van der Waals surface area (Å²) in [7, 11) is 0. The highest BCUT2D eigenvalue weighted by Crippen LogP contribution is 2.24. The number of nitrogens with one attached hydrogen (secondary N) is 1. The summed E-state index contributed by atoms with van der Waals surface area (Å²) in [5.74, 6) is 0.653. The van der Waals surface area contributed by atoms with E-state index in [-0.39, 0.29) is 0 Å². The summed E-state index contributed by atoms with van der Waals surface area (Å²) >= 11 is 5.91. The van der Waals surface area contributed by atoms with Gasteiger partial charge in [-0.25, -0.2) is 0 Å². The van der Waals surface area contributed by atoms with Gasteiger partial charge in [-0.05, 0) is 18.4 Å². The molecular weight excluding hydrogens is 182 g/mol. The number of alkyl halides is 1. The van der Waals surface area contributed by atoms with Crippen LogP contribution < -0.4 is 5.32 Å². The lowest BCUT2D eigenvalue weighted by molar-refractivity contribution is 0.576. The van der Waals surface area contributed by atoms with Crippen molar-refractivity contribution in [1.82, 2.24) is 5.32 Å². The Morgan fingerprint density at radius 3 is 2.54 bits per heavy atom. The molecule has 2 heteroatoms. The Hall–Kier alpha value is -0.530. The molecule has 0 aromatic heterocycles. The Kier molecular flexibility index (Phi) is 2.87. The largest absolute Gasteiger partial charge is 0.306 e. The molecule has 0 heterocycles. The monoisotopic (exact) mass is 195 g/mol. The van der Waals surface area contributed by atoms with Gasteiger partial charge in [0, 0.05) is 18.0 Å². The molecule has 1 aliphatic rings. The quantitative estimate of drug-likeness (QED) is 0.729. The lowest BCUT2D eigenvalue weighted by Gasteiger charge is -2.15. The fraction of sp³-hybridized carbons (Fsp3) is 0.455. The topological polar surface area (TPSA) is 12.0 Å². The van der Waals surface area contributed by atoms with E-state index in [0.29, 0.717) is 18.0 Å². The minimum atomic E-state index is 0.329. The van der Waals surface area contributed by atoms with E-state index in [1.165, 1.54) is 18.4 Å². The van der Waals surface area contributed by atoms with Crippen molar-refractivity contribution in [2.75, 3.05) is 5.88 Å². The Balaban J connectivity index is 2.02. The maximum atomic E-state index is 5.91. The Bertz CT molecular complexity index is 256. The van der Waals surface area contributed by atoms with Gasteiger partial charge < -0.3 is 5.32 Å². The number of halogens is 1. The van der Waals surface area contributed by atoms with E-state index in [4.69, 9.17) is 11.6 Å². The van der Waals surface area contributed by atoms with Crippen LogP contribution in [0.4, 0.5) is 0 Å². The fourth-order valence-electron chi connectivity index (χ4n) is 1.45. The molecule has 1 nitrogen and oxygen atoms in total. The third-order valence-electron chi connectivity index (χ3n) is 2.37. The molecule has 70 valence electrons. The van der Waals surface area contributed by atoms with Gasteiger partial charge in [0.25, 0.3) is 0 Å². The van der Waals surface area contributed by atoms with Crippen LogP contribution in [0.25, 0.3) is 0 Å². The van der Waals surface area contributed by atoms with E-state index >= 15 is 0 Å². The van der Waals surface area contributed by atoms with Gasteiger partial charge in [0.2, 0.25) is 0 Å². The highest BCUT2D eigenvalue weighted by atomic mass is 35.5. The van der Waals surface area contributed by atoms with Crippen LogP contribution in [0.5, 0.6) is 0 Å². The first-order valence-electron chi connectivity index (χ1n) is 4.77. The molecule has 1 atom stereocenters. The van der Waals surface area contributed by atoms with E-state index in [0.717, 1.165) is 0 Å². The molecule has 13 heavy (non-hydrogen) atoms. The molecule has 0 spiro atoms. The van der Waals surface area contributed by atoms with Crippen LogP contribution in [0.2, 0.25) is 0 Å². The molecule has 0 amide bonds. The van der Waals surface area contributed by atoms with Gasteiger partial charge in [0.15, 0.2) is 0 Å². The van der Waals surface area contributed by atoms with Gasteiger partial charge in [-0.2, -0.15) is 0 Å². The zero-order chi connectivity index (χ0) is 9.10. The van der Waals surface area contributed by atoms with E-state index in [9.17, 15) is 0 Å². The van der Waals surface area contributed by atoms with Crippen LogP contribution in [0.15, 0.2) is 30.3 Å². The normalized spacial score (nSPS) is 18.5. The molecule has 1 aromatic rings. The average Bonchev–Trinajstić information content (AvgIpc) is 2.99. The summed E-state index contributed by atoms with van der Waals surface area (Å²) in [5.41, 5.74) is 1.30. The van der Waals surface area contributed by atoms with E-state index in [1.54, 1.807) is 0 Å². The first-order valence-corrected chi connectivity index (χ1v) is 5.30. The number of benzene rings is 1. The summed E-state index contributed by atoms with van der Waals surface area (Å²) in [6, 6.07) is 11.4. The van der Waals surface area contributed by atoms with Crippen molar-refractivity contribution in [1.29, 1.82) is 0 Å². The van der Waals surface area contributed by atoms with E-state index in [1.807, 2.05) is 6.07 Å². The molecule has 1 N–H and O–H groups in total. The van der Waals surface area contributed by atoms with Crippen LogP contribution in [0.1, 0.15) is 24.4 Å². The second kappa shape index (κ2) is 4.12. The van der Waals surface area contributed by atoms with Gasteiger partial charge in [-0.15, -0.1) is 11.6 Å². The standard InChI is InChI=1S/C11H14ClN/c12-8-11(13-10-6-7-10)9-4-2-1-3-5-9/h1-5,10-11,13H,6-8H2. The summed E-state index contributed by atoms with van der Waals surface area (Å²) < 4.78 is 0. The molecule has 1 aliphatic carbocycles. The lowest BCUT2D eigenvalue weighted by Crippen LogP contribution is -2.24. The van der Waals surface area contributed by atoms with Crippen LogP contribution >= 0.6 is 11.6 Å². The maximum Gasteiger partial charge on any atom is 0.0459 e. The van der Waals surface area contributed by atoms with Crippen molar-refractivity contribution in [2.45, 2.75) is 24.9 Å². The summed E-state index contributed by atoms with van der Waals surface area (Å²) in [4.78, 5) is 0. The van der Waals surface area contributed by atoms with Crippen LogP contribution in [0, 0.1) is 0 Å². The molecule has 1 unspecified atom stereocenters. The van der Waals surface area contributed by atoms with Crippen molar-refractivity contribution in [3.05, 3.63) is 35.9 Å². The van der Waals surface area contributed by atoms with Gasteiger partial charge in [0.05, 0.1) is 0 Å². The predicted octanol–water partition coefficient (Wildman–Crippen LogP) is 2.72. The smallest absolute Gasteiger partial charge is 0.0459 e. The van der Waals surface area contributed by atoms with E-state index < -0.39 is 0 Å². The number of rotatable bonds is 4. The molecule has 0 aliphatic heterocycles. The molecular formula is C11H14ClN. The van der Waals surface area contributed by atoms with Gasteiger partial charge in [-0.3, -0.25) is 0 Å². The van der Waals surface area contributed by atoms with Gasteiger partial charge in [0.1, 0.15) is 0 Å². The SMILES string of the molecule is ClCC(NC1CC1)c1ccccc1. The first-order chi connectivity index (χ1) is 6.40. The summed E-state index contributed by atoms with van der Waals surface area (Å²) in [5, 5.41) is 3.52. The first kappa shape index (κ1) is 9.04. The molecule has 1 saturated carbocycles. The molecule has 0 radical (unpaired) electrons. The number of hydrogen-bond donors (Lipinski definition) is 1. The van der Waals surface area contributed by atoms with E-state index in [2.05, 4.69) is 29.6 Å². The van der Waals surface area contributed by atoms with Crippen molar-refractivity contribution in [3.8, 4) is 0 Å². The van der Waals surface area contributed by atoms with Gasteiger partial charge in [-0.1, -0.05) is 30.3 Å². The maximum absolute atomic E-state index is 5.91. The second-order valence-electron chi connectivity index (χ2n) is 3.56. The summed E-state index contributed by atoms with van der Waals surface area (Å²) in [6.07, 6.45) is 2.61. The molecule has 1 aromatic carbocycles. The second-order valence-corrected chi connectivity index (χ2v) is 3.87. The Morgan fingerprint density at radius 2 is 2.00 bits per heavy atom. The minimum absolute atomic E-state index is 0.329. The highest BCUT2D eigenvalue weighted by molar-refractivity contribution is 6.18. The fourth-order valence-corrected chi connectivity index (χ4v) is 1.72. The van der Waals surface area contributed by atoms with Gasteiger partial charge >= 0.3 is 0 Å². The average molecular weight is 196 g/mol. The lowest BCUT2D eigenvalue weighted by atomic mass is 10.1. The zero-order valence-corrected chi connectivity index (χ0v) is 8.30. The summed E-state index contributed by atoms with van der Waals surface area (Å²) in [6.45, 7) is 0. The molecule has 1 fully saturated rings. The molecule has 0 saturated heterocycles. The Morgan fingerprint density at radius 1 is 1.31 bits per heavy atom. The van der Waals surface area contributed by atoms with Crippen molar-refractivity contribution >= 4 is 11.6 Å².